The van der Waals surface area contributed by atoms with Crippen LogP contribution in [0.5, 0.6) is 0 Å². The van der Waals surface area contributed by atoms with Gasteiger partial charge in [-0.15, -0.1) is 0 Å². The molecule has 0 radical (unpaired) electrons. The van der Waals surface area contributed by atoms with E-state index in [-0.39, 0.29) is 5.97 Å². The molecule has 0 fully saturated rings. The molecule has 0 aromatic carbocycles. The summed E-state index contributed by atoms with van der Waals surface area (Å²) in [5.41, 5.74) is 0.990. The van der Waals surface area contributed by atoms with E-state index in [0.29, 0.717) is 5.33 Å². The number of hydrogen-bond acceptors (Lipinski definition) is 4. The Kier molecular flexibility index (Phi) is 4.70. The van der Waals surface area contributed by atoms with Crippen LogP contribution in [0.4, 0.5) is 0 Å². The second-order valence-corrected chi connectivity index (χ2v) is 3.90. The Hall–Kier alpha value is -0.650. The van der Waals surface area contributed by atoms with Crippen LogP contribution in [0.15, 0.2) is 23.8 Å². The highest BCUT2D eigenvalue weighted by Crippen LogP contribution is 2.32. The third-order valence-corrected chi connectivity index (χ3v) is 3.22. The number of carbonyl (C=O) groups is 1. The molecule has 0 N–H and O–H groups in total. The summed E-state index contributed by atoms with van der Waals surface area (Å²) in [5.74, 6) is -2.05. The first-order valence-corrected chi connectivity index (χ1v) is 5.89. The fourth-order valence-corrected chi connectivity index (χ4v) is 2.01. The largest absolute Gasteiger partial charge is 0.468 e. The lowest BCUT2D eigenvalue weighted by Crippen LogP contribution is -2.45. The van der Waals surface area contributed by atoms with Gasteiger partial charge in [-0.25, -0.2) is 0 Å². The van der Waals surface area contributed by atoms with E-state index in [4.69, 9.17) is 14.2 Å². The lowest BCUT2D eigenvalue weighted by molar-refractivity contribution is -0.206. The van der Waals surface area contributed by atoms with Crippen LogP contribution in [0.1, 0.15) is 0 Å². The van der Waals surface area contributed by atoms with Crippen molar-refractivity contribution in [2.24, 2.45) is 5.92 Å². The molecular formula is C11H15BrO4. The van der Waals surface area contributed by atoms with E-state index in [2.05, 4.69) is 15.9 Å². The number of methoxy groups -OCH3 is 3. The van der Waals surface area contributed by atoms with Crippen LogP contribution in [0, 0.1) is 5.92 Å². The Morgan fingerprint density at radius 1 is 1.44 bits per heavy atom. The summed E-state index contributed by atoms with van der Waals surface area (Å²) in [5, 5.41) is 0.672. The molecule has 0 saturated heterocycles. The van der Waals surface area contributed by atoms with E-state index in [0.717, 1.165) is 5.57 Å². The van der Waals surface area contributed by atoms with Gasteiger partial charge in [-0.1, -0.05) is 28.1 Å². The van der Waals surface area contributed by atoms with Gasteiger partial charge in [0.25, 0.3) is 0 Å². The SMILES string of the molecule is COC(=O)C1C=CC(CBr)=CC1(OC)OC. The van der Waals surface area contributed by atoms with E-state index >= 15 is 0 Å². The quantitative estimate of drug-likeness (QED) is 0.449. The second-order valence-electron chi connectivity index (χ2n) is 3.34. The minimum absolute atomic E-state index is 0.384. The summed E-state index contributed by atoms with van der Waals surface area (Å²) in [6.45, 7) is 0. The maximum absolute atomic E-state index is 11.6. The Morgan fingerprint density at radius 2 is 2.06 bits per heavy atom. The number of carbonyl (C=O) groups excluding carboxylic acids is 1. The zero-order chi connectivity index (χ0) is 12.2. The first kappa shape index (κ1) is 13.4. The van der Waals surface area contributed by atoms with Gasteiger partial charge < -0.3 is 14.2 Å². The first-order valence-electron chi connectivity index (χ1n) is 4.77. The number of alkyl halides is 1. The molecule has 0 saturated carbocycles. The van der Waals surface area contributed by atoms with Crippen molar-refractivity contribution in [1.29, 1.82) is 0 Å². The van der Waals surface area contributed by atoms with Crippen LogP contribution in [-0.2, 0) is 19.0 Å². The van der Waals surface area contributed by atoms with E-state index < -0.39 is 11.7 Å². The highest BCUT2D eigenvalue weighted by molar-refractivity contribution is 9.09. The minimum atomic E-state index is -1.08. The van der Waals surface area contributed by atoms with Gasteiger partial charge in [0.1, 0.15) is 5.92 Å². The molecule has 0 heterocycles. The Morgan fingerprint density at radius 3 is 2.50 bits per heavy atom. The topological polar surface area (TPSA) is 44.8 Å². The summed E-state index contributed by atoms with van der Waals surface area (Å²) in [6.07, 6.45) is 5.37. The summed E-state index contributed by atoms with van der Waals surface area (Å²) in [6, 6.07) is 0. The highest BCUT2D eigenvalue weighted by atomic mass is 79.9. The monoisotopic (exact) mass is 290 g/mol. The van der Waals surface area contributed by atoms with E-state index in [9.17, 15) is 4.79 Å². The van der Waals surface area contributed by atoms with Crippen molar-refractivity contribution in [3.63, 3.8) is 0 Å². The molecule has 1 unspecified atom stereocenters. The lowest BCUT2D eigenvalue weighted by atomic mass is 9.90. The van der Waals surface area contributed by atoms with Crippen LogP contribution in [0.25, 0.3) is 0 Å². The predicted octanol–water partition coefficient (Wildman–Crippen LogP) is 1.66. The molecule has 1 aliphatic carbocycles. The molecule has 0 spiro atoms. The molecule has 1 rings (SSSR count). The van der Waals surface area contributed by atoms with Crippen LogP contribution in [-0.4, -0.2) is 38.4 Å². The standard InChI is InChI=1S/C11H15BrO4/c1-14-10(13)9-5-4-8(7-12)6-11(9,15-2)16-3/h4-6,9H,7H2,1-3H3. The Bertz CT molecular complexity index is 318. The molecule has 16 heavy (non-hydrogen) atoms. The highest BCUT2D eigenvalue weighted by Gasteiger charge is 2.43. The predicted molar refractivity (Wildman–Crippen MR) is 63.3 cm³/mol. The van der Waals surface area contributed by atoms with E-state index in [1.54, 1.807) is 12.2 Å². The second kappa shape index (κ2) is 5.61. The van der Waals surface area contributed by atoms with Gasteiger partial charge in [-0.05, 0) is 11.6 Å². The number of rotatable bonds is 4. The van der Waals surface area contributed by atoms with Gasteiger partial charge in [0, 0.05) is 19.5 Å². The zero-order valence-corrected chi connectivity index (χ0v) is 11.1. The van der Waals surface area contributed by atoms with Gasteiger partial charge in [0.05, 0.1) is 7.11 Å². The lowest BCUT2D eigenvalue weighted by Gasteiger charge is -2.35. The molecular weight excluding hydrogens is 276 g/mol. The molecule has 0 aromatic rings. The Labute approximate surface area is 103 Å². The van der Waals surface area contributed by atoms with Crippen LogP contribution in [0.3, 0.4) is 0 Å². The number of halogens is 1. The van der Waals surface area contributed by atoms with Crippen LogP contribution < -0.4 is 0 Å². The smallest absolute Gasteiger partial charge is 0.318 e. The van der Waals surface area contributed by atoms with Crippen molar-refractivity contribution in [2.45, 2.75) is 5.79 Å². The van der Waals surface area contributed by atoms with Gasteiger partial charge in [0.15, 0.2) is 0 Å². The number of ether oxygens (including phenoxy) is 3. The van der Waals surface area contributed by atoms with E-state index in [1.165, 1.54) is 21.3 Å². The summed E-state index contributed by atoms with van der Waals surface area (Å²) in [7, 11) is 4.35. The number of hydrogen-bond donors (Lipinski definition) is 0. The fourth-order valence-electron chi connectivity index (χ4n) is 1.66. The molecule has 1 aliphatic rings. The van der Waals surface area contributed by atoms with Crippen LogP contribution in [0.2, 0.25) is 0 Å². The van der Waals surface area contributed by atoms with Crippen molar-refractivity contribution < 1.29 is 19.0 Å². The number of esters is 1. The zero-order valence-electron chi connectivity index (χ0n) is 9.53. The molecule has 4 nitrogen and oxygen atoms in total. The summed E-state index contributed by atoms with van der Waals surface area (Å²) in [4.78, 5) is 11.6. The van der Waals surface area contributed by atoms with Crippen LogP contribution >= 0.6 is 15.9 Å². The van der Waals surface area contributed by atoms with Crippen molar-refractivity contribution >= 4 is 21.9 Å². The van der Waals surface area contributed by atoms with Gasteiger partial charge in [-0.3, -0.25) is 4.79 Å². The molecule has 0 bridgehead atoms. The average molecular weight is 291 g/mol. The third kappa shape index (κ3) is 2.36. The molecule has 0 amide bonds. The molecule has 0 aliphatic heterocycles. The fraction of sp³-hybridized carbons (Fsp3) is 0.545. The van der Waals surface area contributed by atoms with Gasteiger partial charge in [-0.2, -0.15) is 0 Å². The molecule has 1 atom stereocenters. The maximum Gasteiger partial charge on any atom is 0.318 e. The number of allylic oxidation sites excluding steroid dienone is 2. The average Bonchev–Trinajstić information content (AvgIpc) is 2.36. The molecule has 5 heteroatoms. The van der Waals surface area contributed by atoms with Crippen molar-refractivity contribution in [3.8, 4) is 0 Å². The first-order chi connectivity index (χ1) is 7.63. The van der Waals surface area contributed by atoms with Crippen molar-refractivity contribution in [2.75, 3.05) is 26.7 Å². The maximum atomic E-state index is 11.6. The summed E-state index contributed by atoms with van der Waals surface area (Å²) < 4.78 is 15.4. The summed E-state index contributed by atoms with van der Waals surface area (Å²) >= 11 is 3.35. The van der Waals surface area contributed by atoms with Gasteiger partial charge >= 0.3 is 5.97 Å². The van der Waals surface area contributed by atoms with E-state index in [1.807, 2.05) is 6.08 Å². The van der Waals surface area contributed by atoms with Gasteiger partial charge in [0.2, 0.25) is 5.79 Å². The molecule has 90 valence electrons. The Balaban J connectivity index is 3.08. The third-order valence-electron chi connectivity index (χ3n) is 2.57. The minimum Gasteiger partial charge on any atom is -0.468 e. The molecule has 0 aromatic heterocycles. The van der Waals surface area contributed by atoms with Crippen molar-refractivity contribution in [1.82, 2.24) is 0 Å². The normalized spacial score (nSPS) is 22.8. The van der Waals surface area contributed by atoms with Crippen molar-refractivity contribution in [3.05, 3.63) is 23.8 Å².